The Labute approximate surface area is 192 Å². The monoisotopic (exact) mass is 486 g/mol. The van der Waals surface area contributed by atoms with E-state index in [2.05, 4.69) is 5.32 Å². The molecule has 7 nitrogen and oxygen atoms in total. The van der Waals surface area contributed by atoms with Crippen molar-refractivity contribution in [3.63, 3.8) is 0 Å². The van der Waals surface area contributed by atoms with E-state index in [9.17, 15) is 13.2 Å². The van der Waals surface area contributed by atoms with Crippen LogP contribution in [-0.2, 0) is 14.8 Å². The van der Waals surface area contributed by atoms with Gasteiger partial charge in [0.25, 0.3) is 0 Å². The van der Waals surface area contributed by atoms with Crippen LogP contribution in [0.4, 0.5) is 5.69 Å². The zero-order valence-electron chi connectivity index (χ0n) is 17.4. The minimum Gasteiger partial charge on any atom is -0.486 e. The van der Waals surface area contributed by atoms with E-state index in [1.165, 1.54) is 12.1 Å². The van der Waals surface area contributed by atoms with Gasteiger partial charge in [0.15, 0.2) is 11.5 Å². The average molecular weight is 487 g/mol. The molecule has 2 aromatic rings. The number of halogens is 2. The van der Waals surface area contributed by atoms with Gasteiger partial charge in [0.05, 0.1) is 23.0 Å². The second kappa shape index (κ2) is 9.54. The fourth-order valence-corrected chi connectivity index (χ4v) is 5.05. The lowest BCUT2D eigenvalue weighted by molar-refractivity contribution is -0.122. The molecule has 168 valence electrons. The van der Waals surface area contributed by atoms with Crippen molar-refractivity contribution < 1.29 is 22.7 Å². The van der Waals surface area contributed by atoms with Gasteiger partial charge in [-0.15, -0.1) is 0 Å². The molecule has 0 unspecified atom stereocenters. The van der Waals surface area contributed by atoms with E-state index >= 15 is 0 Å². The van der Waals surface area contributed by atoms with Crippen LogP contribution in [0, 0.1) is 0 Å². The minimum atomic E-state index is -3.83. The third-order valence-corrected chi connectivity index (χ3v) is 6.62. The third kappa shape index (κ3) is 5.37. The Morgan fingerprint density at radius 2 is 1.81 bits per heavy atom. The number of nitrogens with one attached hydrogen (secondary N) is 1. The highest BCUT2D eigenvalue weighted by Gasteiger charge is 2.33. The molecule has 31 heavy (non-hydrogen) atoms. The summed E-state index contributed by atoms with van der Waals surface area (Å²) in [7, 11) is -3.83. The highest BCUT2D eigenvalue weighted by Crippen LogP contribution is 2.34. The number of amides is 1. The van der Waals surface area contributed by atoms with Crippen molar-refractivity contribution in [3.8, 4) is 11.5 Å². The van der Waals surface area contributed by atoms with Gasteiger partial charge >= 0.3 is 0 Å². The van der Waals surface area contributed by atoms with Crippen LogP contribution in [0.2, 0.25) is 10.0 Å². The van der Waals surface area contributed by atoms with E-state index in [1.807, 2.05) is 19.1 Å². The molecule has 0 bridgehead atoms. The van der Waals surface area contributed by atoms with Crippen LogP contribution in [0.3, 0.4) is 0 Å². The molecule has 0 fully saturated rings. The first-order valence-corrected chi connectivity index (χ1v) is 12.4. The molecule has 1 amide bonds. The molecule has 0 aliphatic carbocycles. The molecule has 0 radical (unpaired) electrons. The second-order valence-corrected chi connectivity index (χ2v) is 9.92. The number of benzene rings is 2. The van der Waals surface area contributed by atoms with Crippen LogP contribution < -0.4 is 19.1 Å². The maximum Gasteiger partial charge on any atom is 0.244 e. The number of rotatable bonds is 7. The van der Waals surface area contributed by atoms with Gasteiger partial charge in [0.2, 0.25) is 15.9 Å². The molecule has 2 atom stereocenters. The number of hydrogen-bond donors (Lipinski definition) is 1. The normalized spacial score (nSPS) is 15.1. The lowest BCUT2D eigenvalue weighted by Crippen LogP contribution is -2.49. The summed E-state index contributed by atoms with van der Waals surface area (Å²) in [4.78, 5) is 13.2. The van der Waals surface area contributed by atoms with Crippen molar-refractivity contribution in [1.82, 2.24) is 5.32 Å². The van der Waals surface area contributed by atoms with E-state index in [4.69, 9.17) is 32.7 Å². The van der Waals surface area contributed by atoms with E-state index in [-0.39, 0.29) is 17.1 Å². The number of sulfonamides is 1. The Kier molecular flexibility index (Phi) is 7.24. The average Bonchev–Trinajstić information content (AvgIpc) is 2.72. The fourth-order valence-electron chi connectivity index (χ4n) is 3.41. The summed E-state index contributed by atoms with van der Waals surface area (Å²) in [5.41, 5.74) is 0.963. The fraction of sp³-hybridized carbons (Fsp3) is 0.381. The van der Waals surface area contributed by atoms with Crippen molar-refractivity contribution >= 4 is 44.8 Å². The topological polar surface area (TPSA) is 84.9 Å². The van der Waals surface area contributed by atoms with Crippen LogP contribution in [0.25, 0.3) is 0 Å². The molecule has 2 aromatic carbocycles. The summed E-state index contributed by atoms with van der Waals surface area (Å²) < 4.78 is 37.4. The molecule has 0 aromatic heterocycles. The Morgan fingerprint density at radius 3 is 2.45 bits per heavy atom. The van der Waals surface area contributed by atoms with Gasteiger partial charge in [0, 0.05) is 5.02 Å². The highest BCUT2D eigenvalue weighted by atomic mass is 35.5. The van der Waals surface area contributed by atoms with Gasteiger partial charge in [-0.2, -0.15) is 0 Å². The van der Waals surface area contributed by atoms with E-state index in [0.29, 0.717) is 29.7 Å². The van der Waals surface area contributed by atoms with Crippen LogP contribution in [0.5, 0.6) is 11.5 Å². The van der Waals surface area contributed by atoms with Gasteiger partial charge in [-0.1, -0.05) is 36.2 Å². The van der Waals surface area contributed by atoms with Crippen molar-refractivity contribution in [3.05, 3.63) is 52.0 Å². The molecule has 3 rings (SSSR count). The van der Waals surface area contributed by atoms with Crippen molar-refractivity contribution in [2.24, 2.45) is 0 Å². The summed E-state index contributed by atoms with van der Waals surface area (Å²) >= 11 is 12.3. The molecule has 1 aliphatic heterocycles. The van der Waals surface area contributed by atoms with Crippen LogP contribution in [0.15, 0.2) is 36.4 Å². The van der Waals surface area contributed by atoms with Gasteiger partial charge < -0.3 is 14.8 Å². The summed E-state index contributed by atoms with van der Waals surface area (Å²) in [6, 6.07) is 8.52. The Morgan fingerprint density at radius 1 is 1.13 bits per heavy atom. The molecule has 10 heteroatoms. The van der Waals surface area contributed by atoms with E-state index in [1.54, 1.807) is 19.1 Å². The quantitative estimate of drug-likeness (QED) is 0.633. The maximum atomic E-state index is 13.2. The number of fused-ring (bicyclic) bond motifs is 1. The number of ether oxygens (including phenoxy) is 2. The molecule has 1 heterocycles. The highest BCUT2D eigenvalue weighted by molar-refractivity contribution is 7.92. The van der Waals surface area contributed by atoms with Gasteiger partial charge in [-0.25, -0.2) is 8.42 Å². The first-order chi connectivity index (χ1) is 14.6. The Bertz CT molecular complexity index is 1080. The van der Waals surface area contributed by atoms with Crippen molar-refractivity contribution in [2.75, 3.05) is 23.8 Å². The molecule has 0 saturated heterocycles. The summed E-state index contributed by atoms with van der Waals surface area (Å²) in [6.45, 7) is 4.49. The molecular weight excluding hydrogens is 463 g/mol. The van der Waals surface area contributed by atoms with Crippen LogP contribution >= 0.6 is 23.2 Å². The second-order valence-electron chi connectivity index (χ2n) is 7.21. The first kappa shape index (κ1) is 23.5. The molecule has 0 spiro atoms. The molecule has 1 N–H and O–H groups in total. The minimum absolute atomic E-state index is 0.158. The van der Waals surface area contributed by atoms with E-state index in [0.717, 1.165) is 16.1 Å². The number of carbonyl (C=O) groups excluding carboxylic acids is 1. The van der Waals surface area contributed by atoms with E-state index < -0.39 is 28.0 Å². The summed E-state index contributed by atoms with van der Waals surface area (Å²) in [5, 5.41) is 3.39. The number of carbonyl (C=O) groups is 1. The third-order valence-electron chi connectivity index (χ3n) is 4.90. The SMILES string of the molecule is CC[C@H](C(=O)N[C@H](C)c1ccc2c(c1)OCCO2)N(c1cc(Cl)ccc1Cl)S(C)(=O)=O. The summed E-state index contributed by atoms with van der Waals surface area (Å²) in [6.07, 6.45) is 1.26. The van der Waals surface area contributed by atoms with Crippen molar-refractivity contribution in [1.29, 1.82) is 0 Å². The van der Waals surface area contributed by atoms with Gasteiger partial charge in [0.1, 0.15) is 19.3 Å². The smallest absolute Gasteiger partial charge is 0.244 e. The van der Waals surface area contributed by atoms with Gasteiger partial charge in [-0.3, -0.25) is 9.10 Å². The number of nitrogens with zero attached hydrogens (tertiary/aromatic N) is 1. The zero-order chi connectivity index (χ0) is 22.8. The predicted molar refractivity (Wildman–Crippen MR) is 122 cm³/mol. The molecule has 0 saturated carbocycles. The van der Waals surface area contributed by atoms with Crippen molar-refractivity contribution in [2.45, 2.75) is 32.4 Å². The number of hydrogen-bond acceptors (Lipinski definition) is 5. The molecular formula is C21H24Cl2N2O5S. The zero-order valence-corrected chi connectivity index (χ0v) is 19.7. The standard InChI is InChI=1S/C21H24Cl2N2O5S/c1-4-17(25(31(3,27)28)18-12-15(22)6-7-16(18)23)21(26)24-13(2)14-5-8-19-20(11-14)30-10-9-29-19/h5-8,11-13,17H,4,9-10H2,1-3H3,(H,24,26)/t13-,17-/m1/s1. The largest absolute Gasteiger partial charge is 0.486 e. The maximum absolute atomic E-state index is 13.2. The van der Waals surface area contributed by atoms with Gasteiger partial charge in [-0.05, 0) is 49.2 Å². The van der Waals surface area contributed by atoms with Crippen LogP contribution in [-0.4, -0.2) is 39.8 Å². The predicted octanol–water partition coefficient (Wildman–Crippen LogP) is 4.19. The Hall–Kier alpha value is -2.16. The Balaban J connectivity index is 1.87. The number of anilines is 1. The first-order valence-electron chi connectivity index (χ1n) is 9.76. The summed E-state index contributed by atoms with van der Waals surface area (Å²) in [5.74, 6) is 0.811. The van der Waals surface area contributed by atoms with Crippen LogP contribution in [0.1, 0.15) is 31.9 Å². The lowest BCUT2D eigenvalue weighted by atomic mass is 10.1. The molecule has 1 aliphatic rings. The lowest BCUT2D eigenvalue weighted by Gasteiger charge is -2.31.